The molecule has 3 aromatic rings. The predicted molar refractivity (Wildman–Crippen MR) is 123 cm³/mol. The molecule has 1 saturated heterocycles. The number of anilines is 2. The highest BCUT2D eigenvalue weighted by Crippen LogP contribution is 2.42. The normalized spacial score (nSPS) is 18.2. The lowest BCUT2D eigenvalue weighted by atomic mass is 10.1. The number of piperazine rings is 1. The molecule has 7 nitrogen and oxygen atoms in total. The first-order valence-electron chi connectivity index (χ1n) is 10.8. The second-order valence-corrected chi connectivity index (χ2v) is 8.62. The summed E-state index contributed by atoms with van der Waals surface area (Å²) in [5.74, 6) is 0.455. The highest BCUT2D eigenvalue weighted by Gasteiger charge is 2.47. The Kier molecular flexibility index (Phi) is 4.98. The van der Waals surface area contributed by atoms with Gasteiger partial charge < -0.3 is 19.9 Å². The Labute approximate surface area is 181 Å². The van der Waals surface area contributed by atoms with E-state index in [1.165, 1.54) is 5.69 Å². The first kappa shape index (κ1) is 19.8. The highest BCUT2D eigenvalue weighted by molar-refractivity contribution is 5.80. The lowest BCUT2D eigenvalue weighted by Crippen LogP contribution is -2.44. The van der Waals surface area contributed by atoms with Gasteiger partial charge in [-0.1, -0.05) is 24.3 Å². The maximum atomic E-state index is 13.2. The fraction of sp³-hybridized carbons (Fsp3) is 0.375. The van der Waals surface area contributed by atoms with Crippen molar-refractivity contribution >= 4 is 28.8 Å². The smallest absolute Gasteiger partial charge is 0.263 e. The first-order chi connectivity index (χ1) is 15.1. The lowest BCUT2D eigenvalue weighted by Gasteiger charge is -2.34. The third-order valence-corrected chi connectivity index (χ3v) is 6.46. The van der Waals surface area contributed by atoms with Gasteiger partial charge in [0.15, 0.2) is 0 Å². The van der Waals surface area contributed by atoms with Crippen LogP contribution in [0.2, 0.25) is 0 Å². The van der Waals surface area contributed by atoms with Gasteiger partial charge in [0.2, 0.25) is 5.95 Å². The van der Waals surface area contributed by atoms with Gasteiger partial charge in [0.05, 0.1) is 10.9 Å². The number of rotatable bonds is 6. The number of fused-ring (bicyclic) bond motifs is 1. The van der Waals surface area contributed by atoms with Gasteiger partial charge in [0, 0.05) is 38.4 Å². The van der Waals surface area contributed by atoms with Crippen LogP contribution < -0.4 is 15.8 Å². The Morgan fingerprint density at radius 1 is 1.03 bits per heavy atom. The molecule has 2 heterocycles. The molecule has 5 rings (SSSR count). The zero-order chi connectivity index (χ0) is 21.4. The zero-order valence-electron chi connectivity index (χ0n) is 17.8. The SMILES string of the molecule is CN1CCN(c2ccc(CNc3nc4ccccc4c(=O)n3C3(C=O)CC3)cc2)CC1. The molecule has 1 N–H and O–H groups in total. The molecule has 2 aromatic carbocycles. The molecule has 1 aliphatic carbocycles. The van der Waals surface area contributed by atoms with Crippen molar-refractivity contribution in [2.24, 2.45) is 0 Å². The number of aldehydes is 1. The van der Waals surface area contributed by atoms with Crippen LogP contribution >= 0.6 is 0 Å². The van der Waals surface area contributed by atoms with Crippen molar-refractivity contribution in [3.8, 4) is 0 Å². The maximum absolute atomic E-state index is 13.2. The van der Waals surface area contributed by atoms with E-state index in [0.29, 0.717) is 36.2 Å². The van der Waals surface area contributed by atoms with E-state index in [0.717, 1.165) is 38.0 Å². The molecule has 160 valence electrons. The van der Waals surface area contributed by atoms with Crippen molar-refractivity contribution in [1.82, 2.24) is 14.5 Å². The minimum absolute atomic E-state index is 0.164. The van der Waals surface area contributed by atoms with Crippen molar-refractivity contribution in [3.63, 3.8) is 0 Å². The number of carbonyl (C=O) groups is 1. The summed E-state index contributed by atoms with van der Waals surface area (Å²) >= 11 is 0. The molecule has 7 heteroatoms. The predicted octanol–water partition coefficient (Wildman–Crippen LogP) is 2.45. The summed E-state index contributed by atoms with van der Waals surface area (Å²) in [5, 5.41) is 3.86. The molecular weight excluding hydrogens is 390 g/mol. The number of hydrogen-bond donors (Lipinski definition) is 1. The van der Waals surface area contributed by atoms with E-state index in [1.807, 2.05) is 18.2 Å². The van der Waals surface area contributed by atoms with Gasteiger partial charge in [0.1, 0.15) is 11.8 Å². The summed E-state index contributed by atoms with van der Waals surface area (Å²) in [4.78, 5) is 34.4. The van der Waals surface area contributed by atoms with Crippen LogP contribution in [-0.4, -0.2) is 54.0 Å². The summed E-state index contributed by atoms with van der Waals surface area (Å²) in [7, 11) is 2.16. The number of carbonyl (C=O) groups excluding carboxylic acids is 1. The molecule has 0 bridgehead atoms. The average molecular weight is 418 g/mol. The van der Waals surface area contributed by atoms with Gasteiger partial charge >= 0.3 is 0 Å². The number of nitrogens with zero attached hydrogens (tertiary/aromatic N) is 4. The van der Waals surface area contributed by atoms with Gasteiger partial charge in [-0.05, 0) is 49.7 Å². The van der Waals surface area contributed by atoms with E-state index in [-0.39, 0.29) is 5.56 Å². The maximum Gasteiger partial charge on any atom is 0.263 e. The van der Waals surface area contributed by atoms with Crippen LogP contribution in [0.4, 0.5) is 11.6 Å². The van der Waals surface area contributed by atoms with E-state index < -0.39 is 5.54 Å². The standard InChI is InChI=1S/C24H27N5O2/c1-27-12-14-28(15-13-27)19-8-6-18(7-9-19)16-25-23-26-21-5-3-2-4-20(21)22(31)29(23)24(17-30)10-11-24/h2-9,17H,10-16H2,1H3,(H,25,26). The van der Waals surface area contributed by atoms with E-state index in [1.54, 1.807) is 10.6 Å². The number of hydrogen-bond acceptors (Lipinski definition) is 6. The molecule has 2 aliphatic rings. The summed E-state index contributed by atoms with van der Waals surface area (Å²) < 4.78 is 1.56. The number of para-hydroxylation sites is 1. The molecular formula is C24H27N5O2. The topological polar surface area (TPSA) is 70.5 Å². The van der Waals surface area contributed by atoms with Gasteiger partial charge in [-0.3, -0.25) is 9.36 Å². The van der Waals surface area contributed by atoms with E-state index >= 15 is 0 Å². The van der Waals surface area contributed by atoms with Crippen LogP contribution in [0.1, 0.15) is 18.4 Å². The minimum atomic E-state index is -0.762. The zero-order valence-corrected chi connectivity index (χ0v) is 17.8. The summed E-state index contributed by atoms with van der Waals surface area (Å²) in [5.41, 5.74) is 2.04. The number of nitrogens with one attached hydrogen (secondary N) is 1. The molecule has 1 saturated carbocycles. The van der Waals surface area contributed by atoms with Crippen molar-refractivity contribution in [1.29, 1.82) is 0 Å². The Balaban J connectivity index is 1.39. The molecule has 0 amide bonds. The van der Waals surface area contributed by atoms with Crippen LogP contribution in [0, 0.1) is 0 Å². The van der Waals surface area contributed by atoms with Crippen LogP contribution in [0.15, 0.2) is 53.3 Å². The average Bonchev–Trinajstić information content (AvgIpc) is 3.60. The van der Waals surface area contributed by atoms with Crippen LogP contribution in [0.3, 0.4) is 0 Å². The fourth-order valence-corrected chi connectivity index (χ4v) is 4.26. The van der Waals surface area contributed by atoms with Gasteiger partial charge in [-0.25, -0.2) is 4.98 Å². The molecule has 0 spiro atoms. The fourth-order valence-electron chi connectivity index (χ4n) is 4.26. The van der Waals surface area contributed by atoms with Gasteiger partial charge in [-0.15, -0.1) is 0 Å². The third kappa shape index (κ3) is 3.70. The Bertz CT molecular complexity index is 1160. The highest BCUT2D eigenvalue weighted by atomic mass is 16.1. The lowest BCUT2D eigenvalue weighted by molar-refractivity contribution is -0.111. The van der Waals surface area contributed by atoms with Crippen molar-refractivity contribution in [3.05, 3.63) is 64.4 Å². The monoisotopic (exact) mass is 417 g/mol. The largest absolute Gasteiger partial charge is 0.369 e. The van der Waals surface area contributed by atoms with E-state index in [9.17, 15) is 9.59 Å². The molecule has 1 aliphatic heterocycles. The number of benzene rings is 2. The van der Waals surface area contributed by atoms with Gasteiger partial charge in [0.25, 0.3) is 5.56 Å². The number of likely N-dealkylation sites (N-methyl/N-ethyl adjacent to an activating group) is 1. The summed E-state index contributed by atoms with van der Waals surface area (Å²) in [6.45, 7) is 4.76. The second kappa shape index (κ2) is 7.81. The molecule has 0 radical (unpaired) electrons. The molecule has 1 aromatic heterocycles. The molecule has 0 atom stereocenters. The van der Waals surface area contributed by atoms with Crippen molar-refractivity contribution in [2.75, 3.05) is 43.4 Å². The minimum Gasteiger partial charge on any atom is -0.369 e. The Morgan fingerprint density at radius 2 is 1.74 bits per heavy atom. The Hall–Kier alpha value is -3.19. The summed E-state index contributed by atoms with van der Waals surface area (Å²) in [6.07, 6.45) is 2.23. The van der Waals surface area contributed by atoms with Gasteiger partial charge in [-0.2, -0.15) is 0 Å². The van der Waals surface area contributed by atoms with E-state index in [4.69, 9.17) is 0 Å². The quantitative estimate of drug-likeness (QED) is 0.622. The molecule has 31 heavy (non-hydrogen) atoms. The van der Waals surface area contributed by atoms with Crippen LogP contribution in [0.25, 0.3) is 10.9 Å². The first-order valence-corrected chi connectivity index (χ1v) is 10.8. The molecule has 0 unspecified atom stereocenters. The Morgan fingerprint density at radius 3 is 2.42 bits per heavy atom. The van der Waals surface area contributed by atoms with Crippen LogP contribution in [0.5, 0.6) is 0 Å². The number of aromatic nitrogens is 2. The third-order valence-electron chi connectivity index (χ3n) is 6.46. The second-order valence-electron chi connectivity index (χ2n) is 8.62. The van der Waals surface area contributed by atoms with Crippen molar-refractivity contribution in [2.45, 2.75) is 24.9 Å². The van der Waals surface area contributed by atoms with E-state index in [2.05, 4.69) is 51.4 Å². The molecule has 2 fully saturated rings. The van der Waals surface area contributed by atoms with Crippen molar-refractivity contribution < 1.29 is 4.79 Å². The van der Waals surface area contributed by atoms with Crippen LogP contribution in [-0.2, 0) is 16.9 Å². The summed E-state index contributed by atoms with van der Waals surface area (Å²) in [6, 6.07) is 15.8.